The topological polar surface area (TPSA) is 28.2 Å². The van der Waals surface area contributed by atoms with Crippen LogP contribution in [0.15, 0.2) is 0 Å². The fraction of sp³-hybridized carbons (Fsp3) is 0.812. The lowest BCUT2D eigenvalue weighted by atomic mass is 9.94. The zero-order chi connectivity index (χ0) is 14.9. The third-order valence-electron chi connectivity index (χ3n) is 4.09. The zero-order valence-corrected chi connectivity index (χ0v) is 14.6. The molecule has 1 aliphatic rings. The molecule has 3 nitrogen and oxygen atoms in total. The van der Waals surface area contributed by atoms with E-state index in [0.717, 1.165) is 25.6 Å². The first kappa shape index (κ1) is 15.9. The molecule has 20 heavy (non-hydrogen) atoms. The van der Waals surface area contributed by atoms with Crippen LogP contribution in [-0.2, 0) is 6.54 Å². The van der Waals surface area contributed by atoms with Crippen LogP contribution in [-0.4, -0.2) is 34.6 Å². The number of aryl methyl sites for hydroxylation is 2. The second-order valence-corrected chi connectivity index (χ2v) is 8.49. The first-order valence-electron chi connectivity index (χ1n) is 7.69. The molecule has 1 aromatic heterocycles. The molecule has 1 fully saturated rings. The monoisotopic (exact) mass is 295 g/mol. The summed E-state index contributed by atoms with van der Waals surface area (Å²) >= 11 is 1.86. The van der Waals surface area contributed by atoms with E-state index >= 15 is 0 Å². The van der Waals surface area contributed by atoms with Gasteiger partial charge in [-0.05, 0) is 40.0 Å². The van der Waals surface area contributed by atoms with E-state index < -0.39 is 0 Å². The van der Waals surface area contributed by atoms with Crippen LogP contribution in [0.1, 0.15) is 49.7 Å². The van der Waals surface area contributed by atoms with Crippen LogP contribution in [0.4, 0.5) is 0 Å². The lowest BCUT2D eigenvalue weighted by molar-refractivity contribution is 0.0759. The van der Waals surface area contributed by atoms with Gasteiger partial charge in [0.2, 0.25) is 0 Å². The van der Waals surface area contributed by atoms with Crippen LogP contribution in [0.3, 0.4) is 0 Å². The summed E-state index contributed by atoms with van der Waals surface area (Å²) in [6.45, 7) is 16.7. The predicted molar refractivity (Wildman–Crippen MR) is 87.3 cm³/mol. The van der Waals surface area contributed by atoms with Crippen LogP contribution < -0.4 is 5.32 Å². The Morgan fingerprint density at radius 3 is 2.65 bits per heavy atom. The van der Waals surface area contributed by atoms with Gasteiger partial charge in [-0.3, -0.25) is 4.90 Å². The number of piperazine rings is 1. The Labute approximate surface area is 127 Å². The van der Waals surface area contributed by atoms with Crippen molar-refractivity contribution in [3.8, 4) is 0 Å². The summed E-state index contributed by atoms with van der Waals surface area (Å²) in [6, 6.07) is 0.632. The Kier molecular flexibility index (Phi) is 4.88. The molecule has 0 spiro atoms. The van der Waals surface area contributed by atoms with Crippen LogP contribution in [0, 0.1) is 19.8 Å². The van der Waals surface area contributed by atoms with E-state index in [1.807, 2.05) is 11.3 Å². The summed E-state index contributed by atoms with van der Waals surface area (Å²) in [4.78, 5) is 8.71. The number of hydrogen-bond donors (Lipinski definition) is 1. The van der Waals surface area contributed by atoms with Crippen molar-refractivity contribution in [2.45, 2.75) is 66.1 Å². The van der Waals surface area contributed by atoms with E-state index in [4.69, 9.17) is 4.98 Å². The normalized spacial score (nSPS) is 23.4. The Hall–Kier alpha value is -0.450. The average Bonchev–Trinajstić information content (AvgIpc) is 2.61. The van der Waals surface area contributed by atoms with Crippen molar-refractivity contribution in [3.05, 3.63) is 15.6 Å². The molecule has 114 valence electrons. The van der Waals surface area contributed by atoms with Gasteiger partial charge in [0.15, 0.2) is 0 Å². The highest BCUT2D eigenvalue weighted by atomic mass is 32.1. The molecule has 1 aromatic rings. The molecule has 1 atom stereocenters. The minimum Gasteiger partial charge on any atom is -0.309 e. The molecule has 0 saturated carbocycles. The number of nitrogens with one attached hydrogen (secondary N) is 1. The fourth-order valence-corrected chi connectivity index (χ4v) is 3.92. The maximum Gasteiger partial charge on any atom is 0.107 e. The fourth-order valence-electron chi connectivity index (χ4n) is 2.96. The highest BCUT2D eigenvalue weighted by Gasteiger charge is 2.33. The lowest BCUT2D eigenvalue weighted by Gasteiger charge is -2.45. The smallest absolute Gasteiger partial charge is 0.107 e. The summed E-state index contributed by atoms with van der Waals surface area (Å²) in [5.41, 5.74) is 1.40. The Morgan fingerprint density at radius 2 is 2.10 bits per heavy atom. The second-order valence-electron chi connectivity index (χ2n) is 7.20. The molecule has 0 radical (unpaired) electrons. The van der Waals surface area contributed by atoms with E-state index in [0.29, 0.717) is 6.04 Å². The van der Waals surface area contributed by atoms with Crippen LogP contribution in [0.25, 0.3) is 0 Å². The molecule has 0 aromatic carbocycles. The molecule has 0 amide bonds. The van der Waals surface area contributed by atoms with Gasteiger partial charge in [0.1, 0.15) is 5.01 Å². The molecular formula is C16H29N3S. The lowest BCUT2D eigenvalue weighted by Crippen LogP contribution is -2.61. The minimum absolute atomic E-state index is 0.203. The van der Waals surface area contributed by atoms with Gasteiger partial charge in [0.25, 0.3) is 0 Å². The van der Waals surface area contributed by atoms with Crippen molar-refractivity contribution >= 4 is 11.3 Å². The molecule has 1 unspecified atom stereocenters. The van der Waals surface area contributed by atoms with Crippen molar-refractivity contribution in [2.75, 3.05) is 13.1 Å². The summed E-state index contributed by atoms with van der Waals surface area (Å²) < 4.78 is 0. The van der Waals surface area contributed by atoms with Gasteiger partial charge in [-0.25, -0.2) is 4.98 Å². The van der Waals surface area contributed by atoms with Crippen molar-refractivity contribution in [1.82, 2.24) is 15.2 Å². The third-order valence-corrected chi connectivity index (χ3v) is 5.14. The van der Waals surface area contributed by atoms with Gasteiger partial charge in [-0.2, -0.15) is 0 Å². The Balaban J connectivity index is 2.10. The highest BCUT2D eigenvalue weighted by molar-refractivity contribution is 7.11. The van der Waals surface area contributed by atoms with E-state index in [1.165, 1.54) is 22.0 Å². The highest BCUT2D eigenvalue weighted by Crippen LogP contribution is 2.24. The summed E-state index contributed by atoms with van der Waals surface area (Å²) in [7, 11) is 0. The molecule has 1 aliphatic heterocycles. The van der Waals surface area contributed by atoms with Gasteiger partial charge in [0.05, 0.1) is 12.2 Å². The van der Waals surface area contributed by atoms with Crippen LogP contribution in [0.2, 0.25) is 0 Å². The third kappa shape index (κ3) is 4.03. The van der Waals surface area contributed by atoms with E-state index in [9.17, 15) is 0 Å². The molecule has 2 rings (SSSR count). The number of hydrogen-bond acceptors (Lipinski definition) is 4. The van der Waals surface area contributed by atoms with E-state index in [-0.39, 0.29) is 5.54 Å². The summed E-state index contributed by atoms with van der Waals surface area (Å²) in [5.74, 6) is 0.741. The predicted octanol–water partition coefficient (Wildman–Crippen LogP) is 3.36. The standard InChI is InChI=1S/C16H29N3S/c1-11(2)7-14-8-17-16(5,6)10-19(14)9-15-18-12(3)13(4)20-15/h11,14,17H,7-10H2,1-6H3. The van der Waals surface area contributed by atoms with Gasteiger partial charge >= 0.3 is 0 Å². The van der Waals surface area contributed by atoms with Crippen molar-refractivity contribution in [3.63, 3.8) is 0 Å². The van der Waals surface area contributed by atoms with Gasteiger partial charge in [0, 0.05) is 29.5 Å². The van der Waals surface area contributed by atoms with Crippen LogP contribution >= 0.6 is 11.3 Å². The number of aromatic nitrogens is 1. The second kappa shape index (κ2) is 6.12. The van der Waals surface area contributed by atoms with Crippen LogP contribution in [0.5, 0.6) is 0 Å². The van der Waals surface area contributed by atoms with E-state index in [2.05, 4.69) is 51.8 Å². The number of nitrogens with zero attached hydrogens (tertiary/aromatic N) is 2. The van der Waals surface area contributed by atoms with Crippen molar-refractivity contribution in [1.29, 1.82) is 0 Å². The molecule has 0 aliphatic carbocycles. The maximum atomic E-state index is 4.72. The Bertz CT molecular complexity index is 431. The number of thiazole rings is 1. The Morgan fingerprint density at radius 1 is 1.40 bits per heavy atom. The quantitative estimate of drug-likeness (QED) is 0.923. The van der Waals surface area contributed by atoms with Gasteiger partial charge < -0.3 is 5.32 Å². The first-order valence-corrected chi connectivity index (χ1v) is 8.50. The van der Waals surface area contributed by atoms with Crippen molar-refractivity contribution < 1.29 is 0 Å². The molecule has 4 heteroatoms. The first-order chi connectivity index (χ1) is 9.27. The van der Waals surface area contributed by atoms with Gasteiger partial charge in [-0.1, -0.05) is 13.8 Å². The molecule has 0 bridgehead atoms. The summed E-state index contributed by atoms with van der Waals surface area (Å²) in [6.07, 6.45) is 1.26. The average molecular weight is 295 g/mol. The largest absolute Gasteiger partial charge is 0.309 e. The SMILES string of the molecule is Cc1nc(CN2CC(C)(C)NCC2CC(C)C)sc1C. The summed E-state index contributed by atoms with van der Waals surface area (Å²) in [5, 5.41) is 4.96. The molecule has 2 heterocycles. The number of rotatable bonds is 4. The molecule has 1 N–H and O–H groups in total. The maximum absolute atomic E-state index is 4.72. The van der Waals surface area contributed by atoms with Gasteiger partial charge in [-0.15, -0.1) is 11.3 Å². The molecule has 1 saturated heterocycles. The van der Waals surface area contributed by atoms with E-state index in [1.54, 1.807) is 0 Å². The zero-order valence-electron chi connectivity index (χ0n) is 13.8. The molecular weight excluding hydrogens is 266 g/mol. The van der Waals surface area contributed by atoms with Crippen molar-refractivity contribution in [2.24, 2.45) is 5.92 Å². The minimum atomic E-state index is 0.203.